The number of halogens is 1. The zero-order valence-electron chi connectivity index (χ0n) is 11.3. The van der Waals surface area contributed by atoms with Crippen molar-refractivity contribution in [2.24, 2.45) is 0 Å². The molecule has 1 N–H and O–H groups in total. The first-order chi connectivity index (χ1) is 10.2. The Hall–Kier alpha value is -2.89. The molecule has 0 unspecified atom stereocenters. The molecule has 2 aromatic heterocycles. The number of nitrogens with one attached hydrogen (secondary N) is 1. The average Bonchev–Trinajstić information content (AvgIpc) is 3.15. The molecule has 0 spiro atoms. The van der Waals surface area contributed by atoms with E-state index in [1.54, 1.807) is 28.4 Å². The molecule has 3 rings (SSSR count). The molecular formula is C15H13FN4O. The number of nitrogens with zero attached hydrogens (tertiary/aromatic N) is 3. The van der Waals surface area contributed by atoms with Crippen LogP contribution in [-0.4, -0.2) is 27.3 Å². The van der Waals surface area contributed by atoms with E-state index in [1.807, 2.05) is 24.5 Å². The maximum Gasteiger partial charge on any atom is 0.256 e. The Morgan fingerprint density at radius 1 is 1.19 bits per heavy atom. The lowest BCUT2D eigenvalue weighted by atomic mass is 10.3. The summed E-state index contributed by atoms with van der Waals surface area (Å²) in [7, 11) is 1.57. The van der Waals surface area contributed by atoms with E-state index in [9.17, 15) is 9.18 Å². The van der Waals surface area contributed by atoms with E-state index in [4.69, 9.17) is 0 Å². The van der Waals surface area contributed by atoms with Crippen molar-refractivity contribution in [1.29, 1.82) is 0 Å². The summed E-state index contributed by atoms with van der Waals surface area (Å²) in [5.74, 6) is 0.0537. The third-order valence-electron chi connectivity index (χ3n) is 3.14. The Balaban J connectivity index is 2.19. The van der Waals surface area contributed by atoms with E-state index < -0.39 is 0 Å². The quantitative estimate of drug-likeness (QED) is 0.801. The van der Waals surface area contributed by atoms with Crippen LogP contribution in [-0.2, 0) is 0 Å². The monoisotopic (exact) mass is 284 g/mol. The van der Waals surface area contributed by atoms with Crippen LogP contribution in [0.5, 0.6) is 0 Å². The second-order valence-electron chi connectivity index (χ2n) is 4.44. The van der Waals surface area contributed by atoms with Gasteiger partial charge in [-0.2, -0.15) is 5.10 Å². The maximum absolute atomic E-state index is 13.1. The van der Waals surface area contributed by atoms with E-state index in [-0.39, 0.29) is 11.7 Å². The van der Waals surface area contributed by atoms with Gasteiger partial charge in [0.1, 0.15) is 11.4 Å². The lowest BCUT2D eigenvalue weighted by Gasteiger charge is -2.10. The fourth-order valence-electron chi connectivity index (χ4n) is 2.13. The predicted molar refractivity (Wildman–Crippen MR) is 76.2 cm³/mol. The summed E-state index contributed by atoms with van der Waals surface area (Å²) >= 11 is 0. The lowest BCUT2D eigenvalue weighted by Crippen LogP contribution is -2.19. The van der Waals surface area contributed by atoms with Gasteiger partial charge < -0.3 is 9.88 Å². The summed E-state index contributed by atoms with van der Waals surface area (Å²) in [5, 5.41) is 6.85. The van der Waals surface area contributed by atoms with Gasteiger partial charge in [0.15, 0.2) is 5.82 Å². The van der Waals surface area contributed by atoms with Crippen LogP contribution >= 0.6 is 0 Å². The molecule has 3 aromatic rings. The van der Waals surface area contributed by atoms with Crippen molar-refractivity contribution < 1.29 is 9.18 Å². The summed E-state index contributed by atoms with van der Waals surface area (Å²) in [6, 6.07) is 9.66. The standard InChI is InChI=1S/C15H13FN4O/c1-17-14(21)13-10-18-20(12-6-4-11(16)5-7-12)15(13)19-8-2-3-9-19/h2-10H,1H3,(H,17,21). The second kappa shape index (κ2) is 5.24. The SMILES string of the molecule is CNC(=O)c1cnn(-c2ccc(F)cc2)c1-n1cccc1. The Labute approximate surface area is 120 Å². The average molecular weight is 284 g/mol. The van der Waals surface area contributed by atoms with Crippen LogP contribution in [0, 0.1) is 5.82 Å². The van der Waals surface area contributed by atoms with Crippen molar-refractivity contribution in [1.82, 2.24) is 19.7 Å². The van der Waals surface area contributed by atoms with E-state index in [2.05, 4.69) is 10.4 Å². The van der Waals surface area contributed by atoms with Crippen molar-refractivity contribution >= 4 is 5.91 Å². The molecule has 2 heterocycles. The molecule has 0 aliphatic carbocycles. The maximum atomic E-state index is 13.1. The van der Waals surface area contributed by atoms with Crippen LogP contribution in [0.1, 0.15) is 10.4 Å². The summed E-state index contributed by atoms with van der Waals surface area (Å²) in [4.78, 5) is 12.0. The van der Waals surface area contributed by atoms with Crippen molar-refractivity contribution in [2.45, 2.75) is 0 Å². The van der Waals surface area contributed by atoms with Crippen molar-refractivity contribution in [3.8, 4) is 11.5 Å². The van der Waals surface area contributed by atoms with Crippen molar-refractivity contribution in [3.63, 3.8) is 0 Å². The van der Waals surface area contributed by atoms with Gasteiger partial charge in [-0.1, -0.05) is 0 Å². The number of carbonyl (C=O) groups excluding carboxylic acids is 1. The highest BCUT2D eigenvalue weighted by molar-refractivity contribution is 5.97. The Morgan fingerprint density at radius 2 is 1.86 bits per heavy atom. The third kappa shape index (κ3) is 2.31. The number of hydrogen-bond donors (Lipinski definition) is 1. The first-order valence-electron chi connectivity index (χ1n) is 6.40. The highest BCUT2D eigenvalue weighted by atomic mass is 19.1. The van der Waals surface area contributed by atoms with Crippen LogP contribution in [0.25, 0.3) is 11.5 Å². The summed E-state index contributed by atoms with van der Waals surface area (Å²) < 4.78 is 16.5. The molecule has 21 heavy (non-hydrogen) atoms. The molecule has 0 fully saturated rings. The van der Waals surface area contributed by atoms with Crippen molar-refractivity contribution in [2.75, 3.05) is 7.05 Å². The molecule has 1 aromatic carbocycles. The third-order valence-corrected chi connectivity index (χ3v) is 3.14. The highest BCUT2D eigenvalue weighted by Gasteiger charge is 2.18. The van der Waals surface area contributed by atoms with Crippen LogP contribution in [0.4, 0.5) is 4.39 Å². The fraction of sp³-hybridized carbons (Fsp3) is 0.0667. The van der Waals surface area contributed by atoms with E-state index in [0.717, 1.165) is 0 Å². The summed E-state index contributed by atoms with van der Waals surface area (Å²) in [6.07, 6.45) is 5.14. The van der Waals surface area contributed by atoms with Gasteiger partial charge in [-0.3, -0.25) is 4.79 Å². The zero-order chi connectivity index (χ0) is 14.8. The molecular weight excluding hydrogens is 271 g/mol. The van der Waals surface area contributed by atoms with Gasteiger partial charge in [-0.05, 0) is 36.4 Å². The van der Waals surface area contributed by atoms with Gasteiger partial charge in [0, 0.05) is 19.4 Å². The van der Waals surface area contributed by atoms with Gasteiger partial charge in [-0.15, -0.1) is 0 Å². The fourth-order valence-corrected chi connectivity index (χ4v) is 2.13. The summed E-state index contributed by atoms with van der Waals surface area (Å²) in [5.41, 5.74) is 1.12. The molecule has 0 saturated carbocycles. The Kier molecular flexibility index (Phi) is 3.27. The second-order valence-corrected chi connectivity index (χ2v) is 4.44. The van der Waals surface area contributed by atoms with E-state index in [1.165, 1.54) is 18.3 Å². The first-order valence-corrected chi connectivity index (χ1v) is 6.40. The minimum absolute atomic E-state index is 0.230. The minimum atomic E-state index is -0.319. The number of hydrogen-bond acceptors (Lipinski definition) is 2. The van der Waals surface area contributed by atoms with Crippen molar-refractivity contribution in [3.05, 3.63) is 66.4 Å². The molecule has 1 amide bonds. The first kappa shape index (κ1) is 13.1. The lowest BCUT2D eigenvalue weighted by molar-refractivity contribution is 0.0963. The van der Waals surface area contributed by atoms with Gasteiger partial charge in [0.2, 0.25) is 0 Å². The Morgan fingerprint density at radius 3 is 2.48 bits per heavy atom. The number of carbonyl (C=O) groups is 1. The number of rotatable bonds is 3. The molecule has 5 nitrogen and oxygen atoms in total. The molecule has 0 bridgehead atoms. The number of aromatic nitrogens is 3. The highest BCUT2D eigenvalue weighted by Crippen LogP contribution is 2.20. The smallest absolute Gasteiger partial charge is 0.256 e. The van der Waals surface area contributed by atoms with Crippen LogP contribution < -0.4 is 5.32 Å². The Bertz CT molecular complexity index is 760. The van der Waals surface area contributed by atoms with Gasteiger partial charge >= 0.3 is 0 Å². The molecule has 0 aliphatic heterocycles. The van der Waals surface area contributed by atoms with Gasteiger partial charge in [-0.25, -0.2) is 9.07 Å². The predicted octanol–water partition coefficient (Wildman–Crippen LogP) is 2.16. The molecule has 0 radical (unpaired) electrons. The number of amides is 1. The topological polar surface area (TPSA) is 51.9 Å². The minimum Gasteiger partial charge on any atom is -0.355 e. The molecule has 106 valence electrons. The van der Waals surface area contributed by atoms with Crippen LogP contribution in [0.15, 0.2) is 55.0 Å². The molecule has 0 saturated heterocycles. The molecule has 6 heteroatoms. The molecule has 0 atom stereocenters. The molecule has 0 aliphatic rings. The normalized spacial score (nSPS) is 10.6. The van der Waals surface area contributed by atoms with Crippen LogP contribution in [0.2, 0.25) is 0 Å². The summed E-state index contributed by atoms with van der Waals surface area (Å²) in [6.45, 7) is 0. The van der Waals surface area contributed by atoms with E-state index in [0.29, 0.717) is 17.1 Å². The van der Waals surface area contributed by atoms with E-state index >= 15 is 0 Å². The largest absolute Gasteiger partial charge is 0.355 e. The zero-order valence-corrected chi connectivity index (χ0v) is 11.3. The van der Waals surface area contributed by atoms with Gasteiger partial charge in [0.05, 0.1) is 11.9 Å². The van der Waals surface area contributed by atoms with Gasteiger partial charge in [0.25, 0.3) is 5.91 Å². The van der Waals surface area contributed by atoms with Crippen LogP contribution in [0.3, 0.4) is 0 Å². The number of benzene rings is 1.